The van der Waals surface area contributed by atoms with E-state index in [0.717, 1.165) is 0 Å². The number of sulfone groups is 1. The lowest BCUT2D eigenvalue weighted by Gasteiger charge is -2.24. The molecule has 1 atom stereocenters. The van der Waals surface area contributed by atoms with Crippen LogP contribution < -0.4 is 5.32 Å². The molecule has 6 nitrogen and oxygen atoms in total. The fraction of sp³-hybridized carbons (Fsp3) is 0.500. The van der Waals surface area contributed by atoms with Crippen LogP contribution in [0.3, 0.4) is 0 Å². The number of hydrogen-bond acceptors (Lipinski definition) is 6. The zero-order valence-corrected chi connectivity index (χ0v) is 10.2. The van der Waals surface area contributed by atoms with E-state index in [9.17, 15) is 8.42 Å². The molecular formula is C10H12N4O2S. The number of rotatable bonds is 2. The summed E-state index contributed by atoms with van der Waals surface area (Å²) in [4.78, 5) is 7.89. The Morgan fingerprint density at radius 1 is 1.47 bits per heavy atom. The van der Waals surface area contributed by atoms with Gasteiger partial charge in [-0.1, -0.05) is 0 Å². The molecule has 1 unspecified atom stereocenters. The molecule has 7 heteroatoms. The summed E-state index contributed by atoms with van der Waals surface area (Å²) >= 11 is 0. The van der Waals surface area contributed by atoms with Crippen LogP contribution in [0.2, 0.25) is 0 Å². The van der Waals surface area contributed by atoms with Crippen LogP contribution >= 0.6 is 0 Å². The van der Waals surface area contributed by atoms with E-state index >= 15 is 0 Å². The Bertz CT molecular complexity index is 561. The van der Waals surface area contributed by atoms with Gasteiger partial charge in [0.05, 0.1) is 29.4 Å². The van der Waals surface area contributed by atoms with Crippen molar-refractivity contribution in [1.82, 2.24) is 9.97 Å². The standard InChI is InChI=1S/C10H12N4O2S/c1-10(2-3-17(15,16)7-10)14-9-6-12-8(4-11)5-13-9/h5-6H,2-3,7H2,1H3,(H,13,14). The highest BCUT2D eigenvalue weighted by molar-refractivity contribution is 7.91. The molecule has 2 heterocycles. The lowest BCUT2D eigenvalue weighted by molar-refractivity contribution is 0.571. The number of nitrogens with zero attached hydrogens (tertiary/aromatic N) is 3. The zero-order chi connectivity index (χ0) is 12.5. The zero-order valence-electron chi connectivity index (χ0n) is 9.34. The summed E-state index contributed by atoms with van der Waals surface area (Å²) in [5, 5.41) is 11.6. The maximum Gasteiger partial charge on any atom is 0.158 e. The lowest BCUT2D eigenvalue weighted by Crippen LogP contribution is -2.36. The van der Waals surface area contributed by atoms with Crippen molar-refractivity contribution in [2.24, 2.45) is 0 Å². The van der Waals surface area contributed by atoms with Gasteiger partial charge >= 0.3 is 0 Å². The summed E-state index contributed by atoms with van der Waals surface area (Å²) in [5.41, 5.74) is -0.262. The van der Waals surface area contributed by atoms with Crippen molar-refractivity contribution in [2.75, 3.05) is 16.8 Å². The number of aromatic nitrogens is 2. The Balaban J connectivity index is 2.14. The molecule has 1 aliphatic heterocycles. The van der Waals surface area contributed by atoms with Gasteiger partial charge in [-0.15, -0.1) is 0 Å². The fourth-order valence-electron chi connectivity index (χ4n) is 1.87. The normalized spacial score (nSPS) is 26.4. The second kappa shape index (κ2) is 3.96. The molecule has 1 aliphatic rings. The summed E-state index contributed by atoms with van der Waals surface area (Å²) in [5.74, 6) is 0.783. The minimum absolute atomic E-state index is 0.0989. The van der Waals surface area contributed by atoms with Crippen molar-refractivity contribution in [3.63, 3.8) is 0 Å². The molecule has 90 valence electrons. The minimum Gasteiger partial charge on any atom is -0.363 e. The van der Waals surface area contributed by atoms with Crippen molar-refractivity contribution >= 4 is 15.7 Å². The first-order valence-corrected chi connectivity index (χ1v) is 6.95. The van der Waals surface area contributed by atoms with E-state index in [1.54, 1.807) is 0 Å². The van der Waals surface area contributed by atoms with Gasteiger partial charge in [-0.05, 0) is 13.3 Å². The molecule has 1 fully saturated rings. The van der Waals surface area contributed by atoms with Crippen LogP contribution in [0.5, 0.6) is 0 Å². The lowest BCUT2D eigenvalue weighted by atomic mass is 10.0. The summed E-state index contributed by atoms with van der Waals surface area (Å²) in [6, 6.07) is 1.87. The van der Waals surface area contributed by atoms with Crippen molar-refractivity contribution in [1.29, 1.82) is 5.26 Å². The Morgan fingerprint density at radius 2 is 2.24 bits per heavy atom. The first-order chi connectivity index (χ1) is 7.92. The number of nitrogens with one attached hydrogen (secondary N) is 1. The Kier molecular flexibility index (Phi) is 2.75. The predicted octanol–water partition coefficient (Wildman–Crippen LogP) is 0.337. The molecule has 0 amide bonds. The SMILES string of the molecule is CC1(Nc2cnc(C#N)cn2)CCS(=O)(=O)C1. The number of hydrogen-bond donors (Lipinski definition) is 1. The largest absolute Gasteiger partial charge is 0.363 e. The Morgan fingerprint density at radius 3 is 2.71 bits per heavy atom. The van der Waals surface area contributed by atoms with Crippen LogP contribution in [0, 0.1) is 11.3 Å². The summed E-state index contributed by atoms with van der Waals surface area (Å²) in [7, 11) is -2.95. The van der Waals surface area contributed by atoms with Crippen LogP contribution in [0.4, 0.5) is 5.82 Å². The van der Waals surface area contributed by atoms with E-state index in [0.29, 0.717) is 12.2 Å². The van der Waals surface area contributed by atoms with E-state index < -0.39 is 15.4 Å². The first kappa shape index (κ1) is 11.8. The average Bonchev–Trinajstić information content (AvgIpc) is 2.54. The molecule has 2 rings (SSSR count). The van der Waals surface area contributed by atoms with Crippen molar-refractivity contribution in [2.45, 2.75) is 18.9 Å². The molecule has 0 radical (unpaired) electrons. The van der Waals surface area contributed by atoms with Gasteiger partial charge in [0.25, 0.3) is 0 Å². The van der Waals surface area contributed by atoms with Gasteiger partial charge in [-0.25, -0.2) is 18.4 Å². The fourth-order valence-corrected chi connectivity index (χ4v) is 3.96. The molecule has 1 N–H and O–H groups in total. The molecule has 0 spiro atoms. The highest BCUT2D eigenvalue weighted by Gasteiger charge is 2.38. The quantitative estimate of drug-likeness (QED) is 0.815. The van der Waals surface area contributed by atoms with E-state index in [2.05, 4.69) is 15.3 Å². The predicted molar refractivity (Wildman–Crippen MR) is 62.0 cm³/mol. The molecule has 17 heavy (non-hydrogen) atoms. The van der Waals surface area contributed by atoms with Crippen LogP contribution in [0.1, 0.15) is 19.0 Å². The Hall–Kier alpha value is -1.68. The van der Waals surface area contributed by atoms with E-state index in [4.69, 9.17) is 5.26 Å². The topological polar surface area (TPSA) is 95.7 Å². The van der Waals surface area contributed by atoms with Gasteiger partial charge in [-0.2, -0.15) is 5.26 Å². The maximum atomic E-state index is 11.4. The molecule has 0 saturated carbocycles. The Labute approximate surface area is 99.6 Å². The van der Waals surface area contributed by atoms with E-state index in [1.807, 2.05) is 13.0 Å². The molecule has 0 aliphatic carbocycles. The van der Waals surface area contributed by atoms with Crippen molar-refractivity contribution in [3.05, 3.63) is 18.1 Å². The monoisotopic (exact) mass is 252 g/mol. The molecule has 0 bridgehead atoms. The van der Waals surface area contributed by atoms with Gasteiger partial charge in [0, 0.05) is 0 Å². The van der Waals surface area contributed by atoms with Gasteiger partial charge in [0.1, 0.15) is 11.9 Å². The first-order valence-electron chi connectivity index (χ1n) is 5.13. The van der Waals surface area contributed by atoms with Crippen LogP contribution in [0.25, 0.3) is 0 Å². The van der Waals surface area contributed by atoms with E-state index in [1.165, 1.54) is 12.4 Å². The van der Waals surface area contributed by atoms with Gasteiger partial charge < -0.3 is 5.32 Å². The maximum absolute atomic E-state index is 11.4. The van der Waals surface area contributed by atoms with Crippen LogP contribution in [-0.4, -0.2) is 35.4 Å². The minimum atomic E-state index is -2.95. The molecular weight excluding hydrogens is 240 g/mol. The van der Waals surface area contributed by atoms with Crippen LogP contribution in [0.15, 0.2) is 12.4 Å². The highest BCUT2D eigenvalue weighted by Crippen LogP contribution is 2.26. The van der Waals surface area contributed by atoms with Gasteiger partial charge in [0.2, 0.25) is 0 Å². The third-order valence-electron chi connectivity index (χ3n) is 2.70. The second-order valence-corrected chi connectivity index (χ2v) is 6.61. The third-order valence-corrected chi connectivity index (χ3v) is 4.60. The smallest absolute Gasteiger partial charge is 0.158 e. The highest BCUT2D eigenvalue weighted by atomic mass is 32.2. The second-order valence-electron chi connectivity index (χ2n) is 4.43. The summed E-state index contributed by atoms with van der Waals surface area (Å²) < 4.78 is 22.8. The van der Waals surface area contributed by atoms with Crippen molar-refractivity contribution in [3.8, 4) is 6.07 Å². The summed E-state index contributed by atoms with van der Waals surface area (Å²) in [6.45, 7) is 1.84. The molecule has 1 aromatic rings. The third kappa shape index (κ3) is 2.71. The molecule has 0 aromatic carbocycles. The molecule has 1 aromatic heterocycles. The van der Waals surface area contributed by atoms with Gasteiger partial charge in [0.15, 0.2) is 15.5 Å². The summed E-state index contributed by atoms with van der Waals surface area (Å²) in [6.07, 6.45) is 3.35. The van der Waals surface area contributed by atoms with E-state index in [-0.39, 0.29) is 17.2 Å². The average molecular weight is 252 g/mol. The number of nitriles is 1. The molecule has 1 saturated heterocycles. The van der Waals surface area contributed by atoms with Crippen molar-refractivity contribution < 1.29 is 8.42 Å². The van der Waals surface area contributed by atoms with Gasteiger partial charge in [-0.3, -0.25) is 0 Å². The van der Waals surface area contributed by atoms with Crippen LogP contribution in [-0.2, 0) is 9.84 Å². The number of anilines is 1.